The van der Waals surface area contributed by atoms with Crippen LogP contribution in [0.4, 0.5) is 11.4 Å². The van der Waals surface area contributed by atoms with Gasteiger partial charge in [-0.3, -0.25) is 14.5 Å². The van der Waals surface area contributed by atoms with Gasteiger partial charge in [0, 0.05) is 21.4 Å². The van der Waals surface area contributed by atoms with Gasteiger partial charge in [0.05, 0.1) is 33.8 Å². The summed E-state index contributed by atoms with van der Waals surface area (Å²) in [7, 11) is 0. The molecule has 0 unspecified atom stereocenters. The van der Waals surface area contributed by atoms with E-state index in [1.165, 1.54) is 17.8 Å². The number of anilines is 2. The summed E-state index contributed by atoms with van der Waals surface area (Å²) in [5.41, 5.74) is 2.07. The number of hydrogen-bond donors (Lipinski definition) is 1. The van der Waals surface area contributed by atoms with Crippen molar-refractivity contribution in [1.82, 2.24) is 20.1 Å². The van der Waals surface area contributed by atoms with E-state index in [2.05, 4.69) is 15.5 Å². The predicted molar refractivity (Wildman–Crippen MR) is 153 cm³/mol. The second-order valence-corrected chi connectivity index (χ2v) is 11.3. The Bertz CT molecular complexity index is 1480. The molecule has 0 radical (unpaired) electrons. The summed E-state index contributed by atoms with van der Waals surface area (Å²) in [5.74, 6) is 0.369. The van der Waals surface area contributed by atoms with Crippen LogP contribution in [0, 0.1) is 0 Å². The SMILES string of the molecule is CCn1c(SCC(=O)N2c3ccccc3Sc3ccccc32)nnc1[C@H](C)NC(=O)c1ccc(Cl)cc1Cl. The molecule has 1 aromatic heterocycles. The van der Waals surface area contributed by atoms with Crippen molar-refractivity contribution in [2.75, 3.05) is 10.7 Å². The average Bonchev–Trinajstić information content (AvgIpc) is 3.33. The van der Waals surface area contributed by atoms with Crippen LogP contribution in [0.5, 0.6) is 0 Å². The van der Waals surface area contributed by atoms with E-state index in [1.807, 2.05) is 66.9 Å². The topological polar surface area (TPSA) is 80.1 Å². The minimum atomic E-state index is -0.440. The predicted octanol–water partition coefficient (Wildman–Crippen LogP) is 7.02. The number of rotatable bonds is 7. The highest BCUT2D eigenvalue weighted by Crippen LogP contribution is 2.48. The number of hydrogen-bond acceptors (Lipinski definition) is 6. The van der Waals surface area contributed by atoms with Crippen LogP contribution >= 0.6 is 46.7 Å². The minimum Gasteiger partial charge on any atom is -0.342 e. The van der Waals surface area contributed by atoms with Gasteiger partial charge in [0.15, 0.2) is 11.0 Å². The highest BCUT2D eigenvalue weighted by molar-refractivity contribution is 8.00. The number of para-hydroxylation sites is 2. The van der Waals surface area contributed by atoms with Crippen LogP contribution in [0.2, 0.25) is 10.0 Å². The first-order chi connectivity index (χ1) is 18.4. The lowest BCUT2D eigenvalue weighted by Crippen LogP contribution is -2.30. The fraction of sp³-hybridized carbons (Fsp3) is 0.185. The molecule has 0 saturated heterocycles. The van der Waals surface area contributed by atoms with Crippen LogP contribution in [0.15, 0.2) is 81.7 Å². The molecule has 0 fully saturated rings. The molecule has 1 N–H and O–H groups in total. The van der Waals surface area contributed by atoms with Crippen LogP contribution in [-0.2, 0) is 11.3 Å². The molecule has 194 valence electrons. The first kappa shape index (κ1) is 26.6. The molecule has 0 spiro atoms. The van der Waals surface area contributed by atoms with Crippen molar-refractivity contribution >= 4 is 69.9 Å². The van der Waals surface area contributed by atoms with Crippen LogP contribution in [0.1, 0.15) is 36.1 Å². The Hall–Kier alpha value is -2.98. The number of amides is 2. The zero-order valence-electron chi connectivity index (χ0n) is 20.5. The molecule has 1 atom stereocenters. The molecule has 1 aliphatic heterocycles. The van der Waals surface area contributed by atoms with E-state index in [0.717, 1.165) is 21.2 Å². The van der Waals surface area contributed by atoms with Gasteiger partial charge < -0.3 is 9.88 Å². The van der Waals surface area contributed by atoms with Crippen molar-refractivity contribution in [1.29, 1.82) is 0 Å². The van der Waals surface area contributed by atoms with E-state index in [0.29, 0.717) is 28.1 Å². The first-order valence-corrected chi connectivity index (χ1v) is 14.4. The maximum atomic E-state index is 13.6. The number of benzene rings is 3. The Balaban J connectivity index is 1.32. The number of carbonyl (C=O) groups excluding carboxylic acids is 2. The standard InChI is InChI=1S/C27H23Cl2N5O2S2/c1-3-33-25(16(2)30-26(36)18-13-12-17(28)14-19(18)29)31-32-27(33)37-15-24(35)34-20-8-4-6-10-22(20)38-23-11-7-5-9-21(23)34/h4-14,16H,3,15H2,1-2H3,(H,30,36)/t16-/m0/s1. The summed E-state index contributed by atoms with van der Waals surface area (Å²) in [6, 6.07) is 20.1. The third-order valence-electron chi connectivity index (χ3n) is 5.98. The molecule has 0 aliphatic carbocycles. The summed E-state index contributed by atoms with van der Waals surface area (Å²) in [6.07, 6.45) is 0. The quantitative estimate of drug-likeness (QED) is 0.235. The Morgan fingerprint density at radius 3 is 2.29 bits per heavy atom. The summed E-state index contributed by atoms with van der Waals surface area (Å²) >= 11 is 15.1. The number of fused-ring (bicyclic) bond motifs is 2. The summed E-state index contributed by atoms with van der Waals surface area (Å²) in [4.78, 5) is 30.2. The van der Waals surface area contributed by atoms with Crippen molar-refractivity contribution < 1.29 is 9.59 Å². The van der Waals surface area contributed by atoms with E-state index in [9.17, 15) is 9.59 Å². The first-order valence-electron chi connectivity index (χ1n) is 11.9. The van der Waals surface area contributed by atoms with Gasteiger partial charge in [0.2, 0.25) is 5.91 Å². The van der Waals surface area contributed by atoms with Gasteiger partial charge in [-0.2, -0.15) is 0 Å². The lowest BCUT2D eigenvalue weighted by molar-refractivity contribution is -0.115. The summed E-state index contributed by atoms with van der Waals surface area (Å²) < 4.78 is 1.90. The van der Waals surface area contributed by atoms with Crippen molar-refractivity contribution in [2.45, 2.75) is 41.4 Å². The van der Waals surface area contributed by atoms with E-state index in [-0.39, 0.29) is 22.6 Å². The van der Waals surface area contributed by atoms with Gasteiger partial charge in [0.25, 0.3) is 5.91 Å². The molecule has 0 saturated carbocycles. The highest BCUT2D eigenvalue weighted by Gasteiger charge is 2.28. The normalized spacial score (nSPS) is 13.0. The fourth-order valence-corrected chi connectivity index (χ4v) is 6.61. The molecule has 7 nitrogen and oxygen atoms in total. The van der Waals surface area contributed by atoms with Crippen molar-refractivity contribution in [3.05, 3.63) is 88.2 Å². The van der Waals surface area contributed by atoms with Crippen molar-refractivity contribution in [3.63, 3.8) is 0 Å². The molecule has 2 heterocycles. The zero-order chi connectivity index (χ0) is 26.8. The molecule has 1 aliphatic rings. The Morgan fingerprint density at radius 1 is 1.00 bits per heavy atom. The largest absolute Gasteiger partial charge is 0.342 e. The molecule has 11 heteroatoms. The minimum absolute atomic E-state index is 0.0545. The maximum Gasteiger partial charge on any atom is 0.253 e. The van der Waals surface area contributed by atoms with E-state index < -0.39 is 6.04 Å². The molecule has 4 aromatic rings. The molecular formula is C27H23Cl2N5O2S2. The van der Waals surface area contributed by atoms with E-state index in [4.69, 9.17) is 23.2 Å². The highest BCUT2D eigenvalue weighted by atomic mass is 35.5. The van der Waals surface area contributed by atoms with Crippen LogP contribution < -0.4 is 10.2 Å². The number of carbonyl (C=O) groups is 2. The van der Waals surface area contributed by atoms with Gasteiger partial charge in [-0.1, -0.05) is 71.0 Å². The van der Waals surface area contributed by atoms with Crippen molar-refractivity contribution in [2.24, 2.45) is 0 Å². The molecule has 2 amide bonds. The third kappa shape index (κ3) is 5.29. The number of halogens is 2. The maximum absolute atomic E-state index is 13.6. The molecule has 38 heavy (non-hydrogen) atoms. The lowest BCUT2D eigenvalue weighted by Gasteiger charge is -2.30. The molecule has 5 rings (SSSR count). The second kappa shape index (κ2) is 11.4. The number of thioether (sulfide) groups is 1. The van der Waals surface area contributed by atoms with E-state index >= 15 is 0 Å². The summed E-state index contributed by atoms with van der Waals surface area (Å²) in [5, 5.41) is 12.9. The van der Waals surface area contributed by atoms with E-state index in [1.54, 1.807) is 28.8 Å². The fourth-order valence-electron chi connectivity index (χ4n) is 4.20. The van der Waals surface area contributed by atoms with Gasteiger partial charge in [-0.15, -0.1) is 10.2 Å². The van der Waals surface area contributed by atoms with Gasteiger partial charge in [-0.05, 0) is 56.3 Å². The Morgan fingerprint density at radius 2 is 1.66 bits per heavy atom. The zero-order valence-corrected chi connectivity index (χ0v) is 23.7. The Labute approximate surface area is 238 Å². The average molecular weight is 585 g/mol. The molecule has 0 bridgehead atoms. The van der Waals surface area contributed by atoms with Crippen molar-refractivity contribution in [3.8, 4) is 0 Å². The third-order valence-corrected chi connectivity index (χ3v) is 8.61. The van der Waals surface area contributed by atoms with Crippen LogP contribution in [-0.4, -0.2) is 32.3 Å². The molecular weight excluding hydrogens is 561 g/mol. The number of nitrogens with zero attached hydrogens (tertiary/aromatic N) is 4. The van der Waals surface area contributed by atoms with Gasteiger partial charge >= 0.3 is 0 Å². The second-order valence-electron chi connectivity index (χ2n) is 8.46. The van der Waals surface area contributed by atoms with Gasteiger partial charge in [0.1, 0.15) is 0 Å². The Kier molecular flexibility index (Phi) is 7.99. The number of nitrogens with one attached hydrogen (secondary N) is 1. The van der Waals surface area contributed by atoms with Crippen LogP contribution in [0.25, 0.3) is 0 Å². The summed E-state index contributed by atoms with van der Waals surface area (Å²) in [6.45, 7) is 4.38. The molecule has 3 aromatic carbocycles. The number of aromatic nitrogens is 3. The van der Waals surface area contributed by atoms with Gasteiger partial charge in [-0.25, -0.2) is 0 Å². The van der Waals surface area contributed by atoms with Crippen LogP contribution in [0.3, 0.4) is 0 Å². The lowest BCUT2D eigenvalue weighted by atomic mass is 10.2. The monoisotopic (exact) mass is 583 g/mol. The smallest absolute Gasteiger partial charge is 0.253 e.